The van der Waals surface area contributed by atoms with Crippen molar-refractivity contribution < 1.29 is 4.79 Å². The van der Waals surface area contributed by atoms with E-state index in [1.807, 2.05) is 48.4 Å². The number of thioether (sulfide) groups is 1. The van der Waals surface area contributed by atoms with Gasteiger partial charge in [0, 0.05) is 28.4 Å². The molecule has 3 rings (SSSR count). The second-order valence-corrected chi connectivity index (χ2v) is 6.47. The van der Waals surface area contributed by atoms with Crippen LogP contribution in [0.25, 0.3) is 0 Å². The zero-order chi connectivity index (χ0) is 15.7. The number of hydrogen-bond donors (Lipinski definition) is 1. The van der Waals surface area contributed by atoms with Crippen molar-refractivity contribution in [3.05, 3.63) is 53.1 Å². The smallest absolute Gasteiger partial charge is 0.258 e. The van der Waals surface area contributed by atoms with Gasteiger partial charge in [-0.15, -0.1) is 11.8 Å². The Morgan fingerprint density at radius 1 is 1.27 bits per heavy atom. The summed E-state index contributed by atoms with van der Waals surface area (Å²) in [4.78, 5) is 16.0. The number of rotatable bonds is 2. The first-order chi connectivity index (χ1) is 10.6. The van der Waals surface area contributed by atoms with Crippen LogP contribution in [0, 0.1) is 6.92 Å². The molecule has 0 atom stereocenters. The molecule has 0 saturated carbocycles. The van der Waals surface area contributed by atoms with E-state index in [0.29, 0.717) is 0 Å². The maximum atomic E-state index is 13.0. The minimum Gasteiger partial charge on any atom is -0.398 e. The maximum Gasteiger partial charge on any atom is 0.258 e. The molecule has 1 aliphatic heterocycles. The van der Waals surface area contributed by atoms with Gasteiger partial charge in [-0.05, 0) is 61.4 Å². The van der Waals surface area contributed by atoms with Gasteiger partial charge in [0.15, 0.2) is 0 Å². The predicted octanol–water partition coefficient (Wildman–Crippen LogP) is 3.89. The van der Waals surface area contributed by atoms with E-state index in [1.165, 1.54) is 0 Å². The third-order valence-corrected chi connectivity index (χ3v) is 4.93. The molecular formula is C18H20N2OS. The Kier molecular flexibility index (Phi) is 4.12. The van der Waals surface area contributed by atoms with E-state index in [2.05, 4.69) is 6.07 Å². The van der Waals surface area contributed by atoms with Gasteiger partial charge in [-0.3, -0.25) is 4.79 Å². The molecule has 1 heterocycles. The highest BCUT2D eigenvalue weighted by Crippen LogP contribution is 2.33. The van der Waals surface area contributed by atoms with E-state index in [0.717, 1.165) is 52.3 Å². The third-order valence-electron chi connectivity index (χ3n) is 4.21. The molecule has 0 spiro atoms. The second kappa shape index (κ2) is 6.05. The molecule has 1 aliphatic rings. The molecule has 114 valence electrons. The van der Waals surface area contributed by atoms with Gasteiger partial charge in [0.2, 0.25) is 0 Å². The van der Waals surface area contributed by atoms with Crippen LogP contribution in [0.15, 0.2) is 41.3 Å². The zero-order valence-corrected chi connectivity index (χ0v) is 13.7. The van der Waals surface area contributed by atoms with E-state index in [9.17, 15) is 4.79 Å². The summed E-state index contributed by atoms with van der Waals surface area (Å²) in [5.41, 5.74) is 10.7. The quantitative estimate of drug-likeness (QED) is 0.676. The van der Waals surface area contributed by atoms with E-state index in [-0.39, 0.29) is 5.91 Å². The first-order valence-corrected chi connectivity index (χ1v) is 8.68. The molecule has 0 aliphatic carbocycles. The number of aryl methyl sites for hydroxylation is 1. The number of hydrogen-bond acceptors (Lipinski definition) is 3. The highest BCUT2D eigenvalue weighted by atomic mass is 32.2. The van der Waals surface area contributed by atoms with Crippen molar-refractivity contribution in [3.8, 4) is 0 Å². The number of benzene rings is 2. The van der Waals surface area contributed by atoms with E-state index in [4.69, 9.17) is 5.73 Å². The standard InChI is InChI=1S/C18H20N2OS/c1-12-8-9-13(22-2)11-15(12)18(21)20-10-4-5-14-16(19)6-3-7-17(14)20/h3,6-9,11H,4-5,10,19H2,1-2H3. The summed E-state index contributed by atoms with van der Waals surface area (Å²) in [7, 11) is 0. The molecule has 3 nitrogen and oxygen atoms in total. The number of nitrogens with two attached hydrogens (primary N) is 1. The van der Waals surface area contributed by atoms with Gasteiger partial charge >= 0.3 is 0 Å². The van der Waals surface area contributed by atoms with Crippen LogP contribution < -0.4 is 10.6 Å². The van der Waals surface area contributed by atoms with Gasteiger partial charge in [0.1, 0.15) is 0 Å². The molecule has 22 heavy (non-hydrogen) atoms. The van der Waals surface area contributed by atoms with Crippen LogP contribution in [0.4, 0.5) is 11.4 Å². The number of anilines is 2. The summed E-state index contributed by atoms with van der Waals surface area (Å²) in [6, 6.07) is 11.9. The summed E-state index contributed by atoms with van der Waals surface area (Å²) in [5, 5.41) is 0. The minimum absolute atomic E-state index is 0.0694. The average molecular weight is 312 g/mol. The summed E-state index contributed by atoms with van der Waals surface area (Å²) in [6.07, 6.45) is 3.92. The first kappa shape index (κ1) is 15.0. The van der Waals surface area contributed by atoms with Gasteiger partial charge in [0.05, 0.1) is 0 Å². The Labute approximate surface area is 135 Å². The molecule has 0 bridgehead atoms. The normalized spacial score (nSPS) is 13.8. The molecule has 0 radical (unpaired) electrons. The summed E-state index contributed by atoms with van der Waals surface area (Å²) >= 11 is 1.65. The Morgan fingerprint density at radius 3 is 2.86 bits per heavy atom. The average Bonchev–Trinajstić information content (AvgIpc) is 2.55. The Morgan fingerprint density at radius 2 is 2.09 bits per heavy atom. The third kappa shape index (κ3) is 2.59. The van der Waals surface area contributed by atoms with Crippen molar-refractivity contribution in [2.45, 2.75) is 24.7 Å². The largest absolute Gasteiger partial charge is 0.398 e. The summed E-state index contributed by atoms with van der Waals surface area (Å²) < 4.78 is 0. The fourth-order valence-corrected chi connectivity index (χ4v) is 3.41. The summed E-state index contributed by atoms with van der Waals surface area (Å²) in [5.74, 6) is 0.0694. The molecule has 0 saturated heterocycles. The molecule has 0 aromatic heterocycles. The van der Waals surface area contributed by atoms with Gasteiger partial charge in [0.25, 0.3) is 5.91 Å². The van der Waals surface area contributed by atoms with E-state index < -0.39 is 0 Å². The van der Waals surface area contributed by atoms with Crippen LogP contribution in [0.5, 0.6) is 0 Å². The monoisotopic (exact) mass is 312 g/mol. The number of carbonyl (C=O) groups is 1. The Hall–Kier alpha value is -1.94. The fourth-order valence-electron chi connectivity index (χ4n) is 2.97. The van der Waals surface area contributed by atoms with Crippen molar-refractivity contribution in [1.82, 2.24) is 0 Å². The van der Waals surface area contributed by atoms with Crippen LogP contribution in [0.2, 0.25) is 0 Å². The van der Waals surface area contributed by atoms with Gasteiger partial charge < -0.3 is 10.6 Å². The Balaban J connectivity index is 2.03. The molecule has 0 fully saturated rings. The molecule has 2 aromatic rings. The predicted molar refractivity (Wildman–Crippen MR) is 93.8 cm³/mol. The molecule has 2 N–H and O–H groups in total. The van der Waals surface area contributed by atoms with Crippen molar-refractivity contribution in [3.63, 3.8) is 0 Å². The Bertz CT molecular complexity index is 727. The first-order valence-electron chi connectivity index (χ1n) is 7.45. The van der Waals surface area contributed by atoms with Crippen LogP contribution in [0.3, 0.4) is 0 Å². The lowest BCUT2D eigenvalue weighted by Gasteiger charge is -2.30. The molecule has 1 amide bonds. The van der Waals surface area contributed by atoms with Crippen LogP contribution in [-0.4, -0.2) is 18.7 Å². The number of nitrogens with zero attached hydrogens (tertiary/aromatic N) is 1. The topological polar surface area (TPSA) is 46.3 Å². The van der Waals surface area contributed by atoms with Crippen LogP contribution in [-0.2, 0) is 6.42 Å². The van der Waals surface area contributed by atoms with Crippen molar-refractivity contribution >= 4 is 29.0 Å². The molecule has 4 heteroatoms. The highest BCUT2D eigenvalue weighted by molar-refractivity contribution is 7.98. The number of carbonyl (C=O) groups excluding carboxylic acids is 1. The number of fused-ring (bicyclic) bond motifs is 1. The van der Waals surface area contributed by atoms with Gasteiger partial charge in [-0.2, -0.15) is 0 Å². The fraction of sp³-hybridized carbons (Fsp3) is 0.278. The molecular weight excluding hydrogens is 292 g/mol. The van der Waals surface area contributed by atoms with E-state index in [1.54, 1.807) is 11.8 Å². The van der Waals surface area contributed by atoms with Crippen molar-refractivity contribution in [1.29, 1.82) is 0 Å². The van der Waals surface area contributed by atoms with E-state index >= 15 is 0 Å². The lowest BCUT2D eigenvalue weighted by Crippen LogP contribution is -2.36. The molecule has 2 aromatic carbocycles. The number of amides is 1. The SMILES string of the molecule is CSc1ccc(C)c(C(=O)N2CCCc3c(N)cccc32)c1. The molecule has 0 unspecified atom stereocenters. The minimum atomic E-state index is 0.0694. The van der Waals surface area contributed by atoms with Gasteiger partial charge in [-0.25, -0.2) is 0 Å². The van der Waals surface area contributed by atoms with Crippen LogP contribution in [0.1, 0.15) is 27.9 Å². The van der Waals surface area contributed by atoms with Crippen LogP contribution >= 0.6 is 11.8 Å². The lowest BCUT2D eigenvalue weighted by molar-refractivity contribution is 0.0984. The second-order valence-electron chi connectivity index (χ2n) is 5.59. The number of nitrogen functional groups attached to an aromatic ring is 1. The summed E-state index contributed by atoms with van der Waals surface area (Å²) in [6.45, 7) is 2.74. The van der Waals surface area contributed by atoms with Crippen molar-refractivity contribution in [2.24, 2.45) is 0 Å². The lowest BCUT2D eigenvalue weighted by atomic mass is 9.98. The van der Waals surface area contributed by atoms with Crippen molar-refractivity contribution in [2.75, 3.05) is 23.4 Å². The van der Waals surface area contributed by atoms with Gasteiger partial charge in [-0.1, -0.05) is 12.1 Å². The zero-order valence-electron chi connectivity index (χ0n) is 12.9. The maximum absolute atomic E-state index is 13.0. The highest BCUT2D eigenvalue weighted by Gasteiger charge is 2.25.